The van der Waals surface area contributed by atoms with Gasteiger partial charge in [0.05, 0.1) is 6.10 Å². The normalized spacial score (nSPS) is 47.5. The van der Waals surface area contributed by atoms with Crippen molar-refractivity contribution in [3.05, 3.63) is 0 Å². The molecule has 2 fully saturated rings. The Balaban J connectivity index is 1.92. The van der Waals surface area contributed by atoms with Gasteiger partial charge in [-0.3, -0.25) is 0 Å². The molecule has 0 unspecified atom stereocenters. The van der Waals surface area contributed by atoms with Gasteiger partial charge in [-0.1, -0.05) is 0 Å². The van der Waals surface area contributed by atoms with Crippen LogP contribution in [-0.2, 0) is 9.47 Å². The fourth-order valence-corrected chi connectivity index (χ4v) is 2.00. The van der Waals surface area contributed by atoms with Gasteiger partial charge in [0.15, 0.2) is 6.29 Å². The Bertz CT molecular complexity index is 148. The van der Waals surface area contributed by atoms with Gasteiger partial charge in [-0.25, -0.2) is 0 Å². The number of methoxy groups -OCH3 is 1. The van der Waals surface area contributed by atoms with Gasteiger partial charge in [-0.15, -0.1) is 0 Å². The van der Waals surface area contributed by atoms with Gasteiger partial charge in [0.1, 0.15) is 0 Å². The molecule has 1 N–H and O–H groups in total. The summed E-state index contributed by atoms with van der Waals surface area (Å²) in [5, 5.41) is 8.77. The number of aliphatic hydroxyl groups is 1. The molecule has 64 valence electrons. The predicted molar refractivity (Wildman–Crippen MR) is 39.0 cm³/mol. The van der Waals surface area contributed by atoms with Gasteiger partial charge in [0.2, 0.25) is 0 Å². The molecule has 0 radical (unpaired) electrons. The minimum atomic E-state index is -0.0501. The average Bonchev–Trinajstić information content (AvgIpc) is 2.70. The number of hydrogen-bond donors (Lipinski definition) is 1. The zero-order valence-electron chi connectivity index (χ0n) is 6.69. The van der Waals surface area contributed by atoms with Gasteiger partial charge in [-0.05, 0) is 18.8 Å². The SMILES string of the molecule is CO[C@H]1O[C@@H]2C[C@@H]2[C@@H]1CCO. The van der Waals surface area contributed by atoms with E-state index in [-0.39, 0.29) is 12.9 Å². The summed E-state index contributed by atoms with van der Waals surface area (Å²) in [6.07, 6.45) is 2.38. The van der Waals surface area contributed by atoms with Crippen molar-refractivity contribution in [2.24, 2.45) is 11.8 Å². The zero-order valence-corrected chi connectivity index (χ0v) is 6.69. The van der Waals surface area contributed by atoms with E-state index >= 15 is 0 Å². The first-order valence-corrected chi connectivity index (χ1v) is 4.16. The number of aliphatic hydroxyl groups excluding tert-OH is 1. The van der Waals surface area contributed by atoms with Gasteiger partial charge in [0, 0.05) is 19.6 Å². The van der Waals surface area contributed by atoms with Crippen LogP contribution < -0.4 is 0 Å². The first kappa shape index (κ1) is 7.53. The molecule has 0 aromatic carbocycles. The van der Waals surface area contributed by atoms with Crippen LogP contribution >= 0.6 is 0 Å². The maximum atomic E-state index is 8.77. The molecule has 4 atom stereocenters. The summed E-state index contributed by atoms with van der Waals surface area (Å²) >= 11 is 0. The second-order valence-corrected chi connectivity index (χ2v) is 3.35. The largest absolute Gasteiger partial charge is 0.396 e. The third kappa shape index (κ3) is 1.17. The standard InChI is InChI=1S/C8H14O3/c1-10-8-5(2-3-9)6-4-7(6)11-8/h5-9H,2-4H2,1H3/t5-,6+,7+,8-/m0/s1. The molecule has 0 aromatic rings. The molecule has 0 spiro atoms. The molecule has 1 saturated carbocycles. The molecule has 0 amide bonds. The van der Waals surface area contributed by atoms with Crippen molar-refractivity contribution in [1.82, 2.24) is 0 Å². The van der Waals surface area contributed by atoms with E-state index in [0.717, 1.165) is 6.42 Å². The van der Waals surface area contributed by atoms with Crippen LogP contribution in [0.2, 0.25) is 0 Å². The molecule has 2 rings (SSSR count). The summed E-state index contributed by atoms with van der Waals surface area (Å²) in [5.74, 6) is 1.11. The summed E-state index contributed by atoms with van der Waals surface area (Å²) in [5.41, 5.74) is 0. The van der Waals surface area contributed by atoms with Crippen molar-refractivity contribution >= 4 is 0 Å². The van der Waals surface area contributed by atoms with Crippen molar-refractivity contribution in [2.75, 3.05) is 13.7 Å². The van der Waals surface area contributed by atoms with Crippen LogP contribution in [0.1, 0.15) is 12.8 Å². The summed E-state index contributed by atoms with van der Waals surface area (Å²) in [4.78, 5) is 0. The smallest absolute Gasteiger partial charge is 0.160 e. The summed E-state index contributed by atoms with van der Waals surface area (Å²) < 4.78 is 10.7. The van der Waals surface area contributed by atoms with Gasteiger partial charge < -0.3 is 14.6 Å². The highest BCUT2D eigenvalue weighted by Gasteiger charge is 2.54. The maximum absolute atomic E-state index is 8.77. The molecular formula is C8H14O3. The molecule has 3 heteroatoms. The topological polar surface area (TPSA) is 38.7 Å². The molecule has 1 saturated heterocycles. The van der Waals surface area contributed by atoms with Crippen LogP contribution in [0.4, 0.5) is 0 Å². The predicted octanol–water partition coefficient (Wildman–Crippen LogP) is 0.376. The van der Waals surface area contributed by atoms with Crippen molar-refractivity contribution in [2.45, 2.75) is 25.2 Å². The van der Waals surface area contributed by atoms with Gasteiger partial charge in [0.25, 0.3) is 0 Å². The van der Waals surface area contributed by atoms with E-state index in [1.807, 2.05) is 0 Å². The molecule has 1 aliphatic carbocycles. The van der Waals surface area contributed by atoms with E-state index in [4.69, 9.17) is 14.6 Å². The fraction of sp³-hybridized carbons (Fsp3) is 1.00. The first-order valence-electron chi connectivity index (χ1n) is 4.16. The van der Waals surface area contributed by atoms with Crippen molar-refractivity contribution in [1.29, 1.82) is 0 Å². The minimum absolute atomic E-state index is 0.0501. The van der Waals surface area contributed by atoms with Crippen molar-refractivity contribution < 1.29 is 14.6 Å². The monoisotopic (exact) mass is 158 g/mol. The molecule has 2 aliphatic rings. The van der Waals surface area contributed by atoms with E-state index in [1.54, 1.807) is 7.11 Å². The van der Waals surface area contributed by atoms with Crippen LogP contribution in [0.5, 0.6) is 0 Å². The first-order chi connectivity index (χ1) is 5.36. The third-order valence-electron chi connectivity index (χ3n) is 2.68. The highest BCUT2D eigenvalue weighted by molar-refractivity contribution is 4.99. The summed E-state index contributed by atoms with van der Waals surface area (Å²) in [6.45, 7) is 0.247. The van der Waals surface area contributed by atoms with E-state index in [9.17, 15) is 0 Å². The Kier molecular flexibility index (Phi) is 1.87. The van der Waals surface area contributed by atoms with Gasteiger partial charge >= 0.3 is 0 Å². The third-order valence-corrected chi connectivity index (χ3v) is 2.68. The summed E-state index contributed by atoms with van der Waals surface area (Å²) in [7, 11) is 1.67. The average molecular weight is 158 g/mol. The Hall–Kier alpha value is -0.120. The number of ether oxygens (including phenoxy) is 2. The fourth-order valence-electron chi connectivity index (χ4n) is 2.00. The number of rotatable bonds is 3. The Morgan fingerprint density at radius 3 is 3.09 bits per heavy atom. The second-order valence-electron chi connectivity index (χ2n) is 3.35. The molecular weight excluding hydrogens is 144 g/mol. The lowest BCUT2D eigenvalue weighted by atomic mass is 10.0. The second kappa shape index (κ2) is 2.73. The van der Waals surface area contributed by atoms with E-state index in [1.165, 1.54) is 6.42 Å². The molecule has 0 aromatic heterocycles. The maximum Gasteiger partial charge on any atom is 0.160 e. The van der Waals surface area contributed by atoms with Crippen LogP contribution in [0.3, 0.4) is 0 Å². The van der Waals surface area contributed by atoms with E-state index < -0.39 is 0 Å². The highest BCUT2D eigenvalue weighted by atomic mass is 16.7. The molecule has 1 heterocycles. The van der Waals surface area contributed by atoms with Crippen molar-refractivity contribution in [3.8, 4) is 0 Å². The van der Waals surface area contributed by atoms with Crippen LogP contribution in [0.15, 0.2) is 0 Å². The number of hydrogen-bond acceptors (Lipinski definition) is 3. The lowest BCUT2D eigenvalue weighted by molar-refractivity contribution is -0.134. The van der Waals surface area contributed by atoms with Crippen LogP contribution in [0.25, 0.3) is 0 Å². The van der Waals surface area contributed by atoms with Crippen LogP contribution in [-0.4, -0.2) is 31.2 Å². The lowest BCUT2D eigenvalue weighted by Gasteiger charge is -2.18. The molecule has 3 nitrogen and oxygen atoms in total. The Morgan fingerprint density at radius 2 is 2.45 bits per heavy atom. The Labute approximate surface area is 66.3 Å². The number of fused-ring (bicyclic) bond motifs is 1. The van der Waals surface area contributed by atoms with Crippen molar-refractivity contribution in [3.63, 3.8) is 0 Å². The molecule has 11 heavy (non-hydrogen) atoms. The van der Waals surface area contributed by atoms with E-state index in [2.05, 4.69) is 0 Å². The minimum Gasteiger partial charge on any atom is -0.396 e. The van der Waals surface area contributed by atoms with Gasteiger partial charge in [-0.2, -0.15) is 0 Å². The van der Waals surface area contributed by atoms with Crippen LogP contribution in [0, 0.1) is 11.8 Å². The quantitative estimate of drug-likeness (QED) is 0.645. The zero-order chi connectivity index (χ0) is 7.84. The molecule has 1 aliphatic heterocycles. The Morgan fingerprint density at radius 1 is 1.64 bits per heavy atom. The molecule has 0 bridgehead atoms. The highest BCUT2D eigenvalue weighted by Crippen LogP contribution is 2.50. The summed E-state index contributed by atoms with van der Waals surface area (Å²) in [6, 6.07) is 0. The van der Waals surface area contributed by atoms with E-state index in [0.29, 0.717) is 17.9 Å². The lowest BCUT2D eigenvalue weighted by Crippen LogP contribution is -2.22.